The molecule has 0 radical (unpaired) electrons. The van der Waals surface area contributed by atoms with E-state index in [9.17, 15) is 0 Å². The second kappa shape index (κ2) is 8.98. The Bertz CT molecular complexity index is 6.00. The summed E-state index contributed by atoms with van der Waals surface area (Å²) in [6, 6.07) is 0. The van der Waals surface area contributed by atoms with E-state index in [0.717, 1.165) is 0 Å². The Morgan fingerprint density at radius 3 is 1.25 bits per heavy atom. The van der Waals surface area contributed by atoms with Crippen molar-refractivity contribution in [2.45, 2.75) is 0 Å². The summed E-state index contributed by atoms with van der Waals surface area (Å²) in [5.41, 5.74) is 0. The molecule has 0 aromatic carbocycles. The molecule has 0 aromatic heterocycles. The van der Waals surface area contributed by atoms with Gasteiger partial charge in [0.1, 0.15) is 0 Å². The summed E-state index contributed by atoms with van der Waals surface area (Å²) in [6.07, 6.45) is 0. The third-order valence-corrected chi connectivity index (χ3v) is 0. The molecule has 0 rings (SSSR count). The summed E-state index contributed by atoms with van der Waals surface area (Å²) in [6.45, 7) is 0. The van der Waals surface area contributed by atoms with Crippen LogP contribution in [0.1, 0.15) is 0 Å². The Morgan fingerprint density at radius 2 is 1.25 bits per heavy atom. The number of rotatable bonds is 0. The van der Waals surface area contributed by atoms with Crippen LogP contribution in [0.4, 0.5) is 0 Å². The van der Waals surface area contributed by atoms with Crippen LogP contribution in [0.2, 0.25) is 0 Å². The standard InChI is InChI=1S/ClH.Co.2HI/h1H;;2*1H/q;+2;;/p-2. The zero-order valence-corrected chi connectivity index (χ0v) is 7.67. The fourth-order valence-electron chi connectivity index (χ4n) is 0. The molecule has 0 nitrogen and oxygen atoms in total. The van der Waals surface area contributed by atoms with Gasteiger partial charge in [-0.1, -0.05) is 0 Å². The first-order valence-electron chi connectivity index (χ1n) is 0.252. The van der Waals surface area contributed by atoms with Crippen molar-refractivity contribution >= 4 is 53.2 Å². The third-order valence-electron chi connectivity index (χ3n) is 0. The summed E-state index contributed by atoms with van der Waals surface area (Å²) < 4.78 is 0. The van der Waals surface area contributed by atoms with Crippen LogP contribution in [-0.2, 0) is 8.26 Å². The maximum atomic E-state index is 2.24. The number of hydrogen-bond donors (Lipinski definition) is 0. The van der Waals surface area contributed by atoms with Crippen molar-refractivity contribution in [3.63, 3.8) is 0 Å². The zero-order valence-electron chi connectivity index (χ0n) is 1.50. The van der Waals surface area contributed by atoms with Crippen LogP contribution in [0, 0.1) is 0 Å². The van der Waals surface area contributed by atoms with Crippen LogP contribution in [0.25, 0.3) is 0 Å². The summed E-state index contributed by atoms with van der Waals surface area (Å²) in [7, 11) is 1.38. The van der Waals surface area contributed by atoms with E-state index in [2.05, 4.69) is 40.8 Å². The Labute approximate surface area is 60.5 Å². The molecular weight excluding hydrogens is 348 g/mol. The molecule has 0 saturated heterocycles. The molecule has 0 heterocycles. The van der Waals surface area contributed by atoms with Gasteiger partial charge >= 0.3 is 49.1 Å². The van der Waals surface area contributed by atoms with Crippen molar-refractivity contribution in [1.29, 1.82) is 0 Å². The Balaban J connectivity index is 0. The van der Waals surface area contributed by atoms with Crippen molar-refractivity contribution in [1.82, 2.24) is 0 Å². The molecule has 0 amide bonds. The van der Waals surface area contributed by atoms with Crippen molar-refractivity contribution in [3.8, 4) is 0 Å². The van der Waals surface area contributed by atoms with E-state index in [1.54, 1.807) is 0 Å². The van der Waals surface area contributed by atoms with Crippen LogP contribution in [0.15, 0.2) is 0 Å². The van der Waals surface area contributed by atoms with E-state index < -0.39 is 0 Å². The second-order valence-electron chi connectivity index (χ2n) is 0.0476. The average molecular weight is 349 g/mol. The van der Waals surface area contributed by atoms with Gasteiger partial charge in [-0.25, -0.2) is 0 Å². The summed E-state index contributed by atoms with van der Waals surface area (Å²) in [5, 5.41) is 0. The molecule has 0 aliphatic heterocycles. The topological polar surface area (TPSA) is 0 Å². The van der Waals surface area contributed by atoms with Crippen LogP contribution in [0.3, 0.4) is 0 Å². The first-order valence-corrected chi connectivity index (χ1v) is 6.97. The fraction of sp³-hybridized carbons (Fsp3) is 0. The van der Waals surface area contributed by atoms with Gasteiger partial charge < -0.3 is 0 Å². The van der Waals surface area contributed by atoms with E-state index in [1.165, 1.54) is 8.26 Å². The molecule has 31 valence electrons. The molecule has 0 aromatic rings. The van der Waals surface area contributed by atoms with E-state index in [4.69, 9.17) is 0 Å². The molecule has 0 aliphatic carbocycles. The van der Waals surface area contributed by atoms with Crippen molar-refractivity contribution in [2.24, 2.45) is 0 Å². The first kappa shape index (κ1) is 9.54. The van der Waals surface area contributed by atoms with Gasteiger partial charge in [0, 0.05) is 0 Å². The minimum absolute atomic E-state index is 0. The number of halogens is 3. The molecule has 0 spiro atoms. The fourth-order valence-corrected chi connectivity index (χ4v) is 0. The van der Waals surface area contributed by atoms with Crippen molar-refractivity contribution < 1.29 is 8.26 Å². The SMILES string of the molecule is Cl.[I][Co][I]. The third kappa shape index (κ3) is 8.87. The quantitative estimate of drug-likeness (QED) is 0.589. The Hall–Kier alpha value is 2.26. The van der Waals surface area contributed by atoms with Crippen LogP contribution in [0.5, 0.6) is 0 Å². The molecule has 4 heavy (non-hydrogen) atoms. The van der Waals surface area contributed by atoms with E-state index in [0.29, 0.717) is 0 Å². The van der Waals surface area contributed by atoms with Gasteiger partial charge in [0.2, 0.25) is 0 Å². The molecule has 0 saturated carbocycles. The molecule has 0 fully saturated rings. The summed E-state index contributed by atoms with van der Waals surface area (Å²) in [4.78, 5) is 0. The minimum atomic E-state index is 0. The Morgan fingerprint density at radius 1 is 1.25 bits per heavy atom. The maximum absolute atomic E-state index is 2.24. The van der Waals surface area contributed by atoms with Gasteiger partial charge in [-0.3, -0.25) is 0 Å². The van der Waals surface area contributed by atoms with E-state index in [1.807, 2.05) is 0 Å². The van der Waals surface area contributed by atoms with Gasteiger partial charge in [0.25, 0.3) is 0 Å². The van der Waals surface area contributed by atoms with E-state index in [-0.39, 0.29) is 12.4 Å². The number of hydrogen-bond acceptors (Lipinski definition) is 0. The predicted octanol–water partition coefficient (Wildman–Crippen LogP) is 2.19. The predicted molar refractivity (Wildman–Crippen MR) is 35.3 cm³/mol. The molecule has 0 N–H and O–H groups in total. The van der Waals surface area contributed by atoms with Crippen LogP contribution in [-0.4, -0.2) is 0 Å². The van der Waals surface area contributed by atoms with Crippen molar-refractivity contribution in [2.75, 3.05) is 0 Å². The average Bonchev–Trinajstić information content (AvgIpc) is 0.918. The second-order valence-corrected chi connectivity index (χ2v) is 8.84. The molecule has 0 aliphatic rings. The monoisotopic (exact) mass is 349 g/mol. The summed E-state index contributed by atoms with van der Waals surface area (Å²) >= 11 is 4.49. The molecule has 4 heteroatoms. The van der Waals surface area contributed by atoms with Gasteiger partial charge in [-0.05, 0) is 0 Å². The van der Waals surface area contributed by atoms with Crippen LogP contribution >= 0.6 is 53.2 Å². The molecule has 0 atom stereocenters. The normalized spacial score (nSPS) is 5.50. The van der Waals surface area contributed by atoms with Gasteiger partial charge in [-0.2, -0.15) is 0 Å². The van der Waals surface area contributed by atoms with E-state index >= 15 is 0 Å². The van der Waals surface area contributed by atoms with Crippen molar-refractivity contribution in [3.05, 3.63) is 0 Å². The molecular formula is HClCoI2. The van der Waals surface area contributed by atoms with Gasteiger partial charge in [-0.15, -0.1) is 12.4 Å². The molecule has 0 bridgehead atoms. The van der Waals surface area contributed by atoms with Gasteiger partial charge in [0.15, 0.2) is 0 Å². The van der Waals surface area contributed by atoms with Crippen LogP contribution < -0.4 is 0 Å². The van der Waals surface area contributed by atoms with Gasteiger partial charge in [0.05, 0.1) is 0 Å². The Kier molecular flexibility index (Phi) is 21.4. The first-order chi connectivity index (χ1) is 1.41. The summed E-state index contributed by atoms with van der Waals surface area (Å²) in [5.74, 6) is 0. The zero-order chi connectivity index (χ0) is 2.71. The molecule has 0 unspecified atom stereocenters.